The Morgan fingerprint density at radius 1 is 0.938 bits per heavy atom. The molecule has 0 aliphatic carbocycles. The summed E-state index contributed by atoms with van der Waals surface area (Å²) in [5.74, 6) is 0.796. The Hall–Kier alpha value is -3.59. The lowest BCUT2D eigenvalue weighted by Gasteiger charge is -2.24. The smallest absolute Gasteiger partial charge is 0.266 e. The van der Waals surface area contributed by atoms with E-state index in [-0.39, 0.29) is 4.90 Å². The Kier molecular flexibility index (Phi) is 7.67. The third-order valence-electron chi connectivity index (χ3n) is 4.39. The topological polar surface area (TPSA) is 97.8 Å². The Bertz CT molecular complexity index is 1120. The van der Waals surface area contributed by atoms with Crippen LogP contribution in [0.1, 0.15) is 13.8 Å². The second kappa shape index (κ2) is 10.6. The first-order chi connectivity index (χ1) is 15.4. The van der Waals surface area contributed by atoms with E-state index in [2.05, 4.69) is 10.3 Å². The van der Waals surface area contributed by atoms with E-state index in [9.17, 15) is 13.2 Å². The molecule has 3 aromatic rings. The molecular weight excluding hydrogens is 430 g/mol. The van der Waals surface area contributed by atoms with E-state index in [1.165, 1.54) is 24.5 Å². The summed E-state index contributed by atoms with van der Waals surface area (Å²) in [6.07, 6.45) is 2.74. The number of aromatic nitrogens is 1. The number of rotatable bonds is 10. The van der Waals surface area contributed by atoms with Crippen molar-refractivity contribution < 1.29 is 22.7 Å². The first-order valence-corrected chi connectivity index (χ1v) is 11.6. The van der Waals surface area contributed by atoms with E-state index < -0.39 is 22.5 Å². The third kappa shape index (κ3) is 5.76. The minimum atomic E-state index is -4.03. The van der Waals surface area contributed by atoms with Crippen molar-refractivity contribution in [3.05, 3.63) is 73.1 Å². The summed E-state index contributed by atoms with van der Waals surface area (Å²) in [5.41, 5.74) is 0.864. The monoisotopic (exact) mass is 455 g/mol. The molecule has 32 heavy (non-hydrogen) atoms. The standard InChI is InChI=1S/C23H25N3O5S/c1-3-30-20-11-7-18(8-12-20)25-23(27)17-26(19-9-13-21(14-10-19)31-4-2)32(28,29)22-6-5-15-24-16-22/h5-16H,3-4,17H2,1-2H3,(H,25,27). The normalized spacial score (nSPS) is 10.9. The lowest BCUT2D eigenvalue weighted by atomic mass is 10.3. The van der Waals surface area contributed by atoms with Crippen molar-refractivity contribution in [1.29, 1.82) is 0 Å². The quantitative estimate of drug-likeness (QED) is 0.500. The van der Waals surface area contributed by atoms with Crippen LogP contribution in [0.4, 0.5) is 11.4 Å². The number of hydrogen-bond donors (Lipinski definition) is 1. The first kappa shape index (κ1) is 23.1. The lowest BCUT2D eigenvalue weighted by Crippen LogP contribution is -2.38. The molecule has 0 aliphatic rings. The summed E-state index contributed by atoms with van der Waals surface area (Å²) < 4.78 is 38.5. The van der Waals surface area contributed by atoms with E-state index in [0.717, 1.165) is 4.31 Å². The Morgan fingerprint density at radius 2 is 1.53 bits per heavy atom. The SMILES string of the molecule is CCOc1ccc(NC(=O)CN(c2ccc(OCC)cc2)S(=O)(=O)c2cccnc2)cc1. The number of carbonyl (C=O) groups excluding carboxylic acids is 1. The van der Waals surface area contributed by atoms with E-state index in [4.69, 9.17) is 9.47 Å². The molecular formula is C23H25N3O5S. The van der Waals surface area contributed by atoms with Gasteiger partial charge >= 0.3 is 0 Å². The van der Waals surface area contributed by atoms with Crippen molar-refractivity contribution in [3.8, 4) is 11.5 Å². The minimum Gasteiger partial charge on any atom is -0.494 e. The number of pyridine rings is 1. The molecule has 2 aromatic carbocycles. The molecule has 8 nitrogen and oxygen atoms in total. The number of hydrogen-bond acceptors (Lipinski definition) is 6. The number of benzene rings is 2. The summed E-state index contributed by atoms with van der Waals surface area (Å²) in [7, 11) is -4.03. The molecule has 168 valence electrons. The van der Waals surface area contributed by atoms with Crippen LogP contribution in [0.3, 0.4) is 0 Å². The van der Waals surface area contributed by atoms with E-state index >= 15 is 0 Å². The summed E-state index contributed by atoms with van der Waals surface area (Å²) in [6.45, 7) is 4.35. The Morgan fingerprint density at radius 3 is 2.06 bits per heavy atom. The zero-order valence-corrected chi connectivity index (χ0v) is 18.7. The molecule has 0 radical (unpaired) electrons. The summed E-state index contributed by atoms with van der Waals surface area (Å²) >= 11 is 0. The van der Waals surface area contributed by atoms with Crippen LogP contribution in [-0.4, -0.2) is 39.1 Å². The van der Waals surface area contributed by atoms with Crippen LogP contribution in [0.15, 0.2) is 78.0 Å². The number of carbonyl (C=O) groups is 1. The van der Waals surface area contributed by atoms with Crippen molar-refractivity contribution in [3.63, 3.8) is 0 Å². The van der Waals surface area contributed by atoms with E-state index in [1.54, 1.807) is 48.5 Å². The van der Waals surface area contributed by atoms with Gasteiger partial charge in [0, 0.05) is 18.1 Å². The molecule has 0 saturated heterocycles. The van der Waals surface area contributed by atoms with Crippen LogP contribution in [0.2, 0.25) is 0 Å². The highest BCUT2D eigenvalue weighted by molar-refractivity contribution is 7.92. The van der Waals surface area contributed by atoms with Crippen molar-refractivity contribution in [2.45, 2.75) is 18.7 Å². The van der Waals surface area contributed by atoms with E-state index in [1.807, 2.05) is 13.8 Å². The highest BCUT2D eigenvalue weighted by Gasteiger charge is 2.27. The molecule has 0 atom stereocenters. The second-order valence-corrected chi connectivity index (χ2v) is 8.50. The molecule has 1 amide bonds. The van der Waals surface area contributed by atoms with Crippen LogP contribution in [0, 0.1) is 0 Å². The number of ether oxygens (including phenoxy) is 2. The molecule has 0 bridgehead atoms. The van der Waals surface area contributed by atoms with Crippen molar-refractivity contribution in [2.75, 3.05) is 29.4 Å². The van der Waals surface area contributed by atoms with Gasteiger partial charge in [-0.25, -0.2) is 8.42 Å². The number of amides is 1. The number of sulfonamides is 1. The molecule has 1 aromatic heterocycles. The zero-order chi connectivity index (χ0) is 23.0. The first-order valence-electron chi connectivity index (χ1n) is 10.1. The van der Waals surface area contributed by atoms with Gasteiger partial charge in [0.1, 0.15) is 22.9 Å². The highest BCUT2D eigenvalue weighted by atomic mass is 32.2. The highest BCUT2D eigenvalue weighted by Crippen LogP contribution is 2.26. The van der Waals surface area contributed by atoms with Gasteiger partial charge in [-0.3, -0.25) is 14.1 Å². The Labute approximate surface area is 187 Å². The molecule has 0 unspecified atom stereocenters. The van der Waals surface area contributed by atoms with Crippen LogP contribution < -0.4 is 19.1 Å². The maximum atomic E-state index is 13.3. The van der Waals surface area contributed by atoms with Gasteiger partial charge in [0.15, 0.2) is 0 Å². The lowest BCUT2D eigenvalue weighted by molar-refractivity contribution is -0.114. The summed E-state index contributed by atoms with van der Waals surface area (Å²) in [4.78, 5) is 16.7. The fourth-order valence-corrected chi connectivity index (χ4v) is 4.33. The van der Waals surface area contributed by atoms with Crippen molar-refractivity contribution in [1.82, 2.24) is 4.98 Å². The molecule has 3 rings (SSSR count). The van der Waals surface area contributed by atoms with E-state index in [0.29, 0.717) is 36.1 Å². The average Bonchev–Trinajstić information content (AvgIpc) is 2.80. The van der Waals surface area contributed by atoms with Crippen LogP contribution in [0.5, 0.6) is 11.5 Å². The Balaban J connectivity index is 1.85. The van der Waals surface area contributed by atoms with Gasteiger partial charge in [0.2, 0.25) is 5.91 Å². The van der Waals surface area contributed by atoms with Gasteiger partial charge in [-0.2, -0.15) is 0 Å². The van der Waals surface area contributed by atoms with Crippen LogP contribution in [0.25, 0.3) is 0 Å². The minimum absolute atomic E-state index is 0.0113. The van der Waals surface area contributed by atoms with Gasteiger partial charge in [0.25, 0.3) is 10.0 Å². The third-order valence-corrected chi connectivity index (χ3v) is 6.15. The fraction of sp³-hybridized carbons (Fsp3) is 0.217. The van der Waals surface area contributed by atoms with Gasteiger partial charge in [0.05, 0.1) is 18.9 Å². The van der Waals surface area contributed by atoms with Crippen molar-refractivity contribution >= 4 is 27.3 Å². The molecule has 9 heteroatoms. The molecule has 0 saturated carbocycles. The molecule has 1 heterocycles. The summed E-state index contributed by atoms with van der Waals surface area (Å²) in [6, 6.07) is 16.3. The van der Waals surface area contributed by atoms with Gasteiger partial charge in [-0.1, -0.05) is 0 Å². The molecule has 1 N–H and O–H groups in total. The van der Waals surface area contributed by atoms with Gasteiger partial charge in [-0.15, -0.1) is 0 Å². The number of nitrogens with zero attached hydrogens (tertiary/aromatic N) is 2. The van der Waals surface area contributed by atoms with Crippen molar-refractivity contribution in [2.24, 2.45) is 0 Å². The largest absolute Gasteiger partial charge is 0.494 e. The number of nitrogens with one attached hydrogen (secondary N) is 1. The summed E-state index contributed by atoms with van der Waals surface area (Å²) in [5, 5.41) is 2.73. The number of anilines is 2. The second-order valence-electron chi connectivity index (χ2n) is 6.63. The van der Waals surface area contributed by atoms with Gasteiger partial charge in [-0.05, 0) is 74.5 Å². The maximum absolute atomic E-state index is 13.3. The molecule has 0 aliphatic heterocycles. The molecule has 0 spiro atoms. The average molecular weight is 456 g/mol. The van der Waals surface area contributed by atoms with Crippen LogP contribution in [-0.2, 0) is 14.8 Å². The zero-order valence-electron chi connectivity index (χ0n) is 17.9. The predicted octanol–water partition coefficient (Wildman–Crippen LogP) is 3.71. The molecule has 0 fully saturated rings. The van der Waals surface area contributed by atoms with Gasteiger partial charge < -0.3 is 14.8 Å². The van der Waals surface area contributed by atoms with Crippen LogP contribution >= 0.6 is 0 Å². The predicted molar refractivity (Wildman–Crippen MR) is 123 cm³/mol. The maximum Gasteiger partial charge on any atom is 0.266 e. The fourth-order valence-electron chi connectivity index (χ4n) is 2.95.